The number of rotatable bonds is 13. The van der Waals surface area contributed by atoms with Crippen molar-refractivity contribution in [1.29, 1.82) is 0 Å². The number of likely N-dealkylation sites (N-methyl/N-ethyl adjacent to an activating group) is 1. The van der Waals surface area contributed by atoms with Crippen LogP contribution in [0.1, 0.15) is 68.8 Å². The molecule has 0 bridgehead atoms. The summed E-state index contributed by atoms with van der Waals surface area (Å²) in [5.41, 5.74) is 8.15. The molecule has 0 aromatic heterocycles. The van der Waals surface area contributed by atoms with Gasteiger partial charge in [0, 0.05) is 30.9 Å². The van der Waals surface area contributed by atoms with Gasteiger partial charge in [-0.15, -0.1) is 0 Å². The Morgan fingerprint density at radius 2 is 1.77 bits per heavy atom. The predicted octanol–water partition coefficient (Wildman–Crippen LogP) is 7.82. The van der Waals surface area contributed by atoms with Crippen molar-refractivity contribution in [1.82, 2.24) is 10.3 Å². The quantitative estimate of drug-likeness (QED) is 0.202. The van der Waals surface area contributed by atoms with Gasteiger partial charge >= 0.3 is 0 Å². The first-order chi connectivity index (χ1) is 20.9. The van der Waals surface area contributed by atoms with Crippen LogP contribution in [0.25, 0.3) is 11.1 Å². The molecule has 8 heteroatoms. The van der Waals surface area contributed by atoms with Crippen LogP contribution in [0, 0.1) is 0 Å². The molecule has 3 aromatic carbocycles. The van der Waals surface area contributed by atoms with Gasteiger partial charge in [0.25, 0.3) is 5.91 Å². The number of carbonyl (C=O) groups excluding carboxylic acids is 1. The van der Waals surface area contributed by atoms with Gasteiger partial charge in [-0.05, 0) is 86.1 Å². The van der Waals surface area contributed by atoms with Crippen LogP contribution >= 0.6 is 11.6 Å². The lowest BCUT2D eigenvalue weighted by Gasteiger charge is -2.20. The third-order valence-corrected chi connectivity index (χ3v) is 7.73. The lowest BCUT2D eigenvalue weighted by Crippen LogP contribution is -2.35. The number of amidine groups is 1. The Labute approximate surface area is 261 Å². The van der Waals surface area contributed by atoms with Crippen molar-refractivity contribution in [3.05, 3.63) is 82.9 Å². The van der Waals surface area contributed by atoms with Gasteiger partial charge in [0.2, 0.25) is 0 Å². The molecular weight excluding hydrogens is 560 g/mol. The molecule has 7 nitrogen and oxygen atoms in total. The van der Waals surface area contributed by atoms with Crippen molar-refractivity contribution in [2.24, 2.45) is 10.1 Å². The molecule has 0 fully saturated rings. The first kappa shape index (κ1) is 32.1. The SMILES string of the molecule is CCCCOc1ccc(Cl)cc1C(=O)N(C)CCc1ccc(-c2ccc(OC(C)C3=NCCC/C(CC)=N\N3)cc2)cc1. The number of benzene rings is 3. The van der Waals surface area contributed by atoms with Gasteiger partial charge < -0.3 is 14.4 Å². The Bertz CT molecular complexity index is 1400. The van der Waals surface area contributed by atoms with Gasteiger partial charge in [-0.1, -0.05) is 68.3 Å². The number of halogens is 1. The third kappa shape index (κ3) is 9.32. The summed E-state index contributed by atoms with van der Waals surface area (Å²) < 4.78 is 12.0. The Morgan fingerprint density at radius 1 is 1.05 bits per heavy atom. The van der Waals surface area contributed by atoms with Crippen LogP contribution in [0.15, 0.2) is 76.8 Å². The van der Waals surface area contributed by atoms with Gasteiger partial charge in [-0.2, -0.15) is 5.10 Å². The maximum Gasteiger partial charge on any atom is 0.257 e. The van der Waals surface area contributed by atoms with E-state index in [9.17, 15) is 4.79 Å². The Balaban J connectivity index is 1.31. The highest BCUT2D eigenvalue weighted by molar-refractivity contribution is 6.31. The zero-order valence-electron chi connectivity index (χ0n) is 25.7. The number of nitrogens with one attached hydrogen (secondary N) is 1. The minimum Gasteiger partial charge on any atom is -0.493 e. The van der Waals surface area contributed by atoms with Gasteiger partial charge in [0.15, 0.2) is 11.9 Å². The number of amides is 1. The number of aliphatic imine (C=N–C) groups is 1. The number of carbonyl (C=O) groups is 1. The molecule has 3 aromatic rings. The number of hydrogen-bond donors (Lipinski definition) is 1. The van der Waals surface area contributed by atoms with E-state index in [1.165, 1.54) is 0 Å². The minimum absolute atomic E-state index is 0.0990. The average molecular weight is 603 g/mol. The van der Waals surface area contributed by atoms with E-state index in [0.717, 1.165) is 79.1 Å². The summed E-state index contributed by atoms with van der Waals surface area (Å²) in [6.45, 7) is 8.14. The molecule has 0 saturated heterocycles. The first-order valence-electron chi connectivity index (χ1n) is 15.3. The summed E-state index contributed by atoms with van der Waals surface area (Å²) >= 11 is 6.20. The normalized spacial score (nSPS) is 15.2. The Kier molecular flexibility index (Phi) is 12.0. The van der Waals surface area contributed by atoms with E-state index in [4.69, 9.17) is 21.1 Å². The number of ether oxygens (including phenoxy) is 2. The zero-order valence-corrected chi connectivity index (χ0v) is 26.5. The van der Waals surface area contributed by atoms with Gasteiger partial charge in [-0.25, -0.2) is 0 Å². The van der Waals surface area contributed by atoms with Crippen molar-refractivity contribution >= 4 is 29.1 Å². The molecule has 1 amide bonds. The fraction of sp³-hybridized carbons (Fsp3) is 0.400. The molecule has 1 aliphatic heterocycles. The summed E-state index contributed by atoms with van der Waals surface area (Å²) in [5, 5.41) is 5.02. The van der Waals surface area contributed by atoms with Crippen LogP contribution in [0.4, 0.5) is 0 Å². The number of nitrogens with zero attached hydrogens (tertiary/aromatic N) is 3. The summed E-state index contributed by atoms with van der Waals surface area (Å²) in [6, 6.07) is 21.8. The van der Waals surface area contributed by atoms with Crippen LogP contribution < -0.4 is 14.9 Å². The Hall–Kier alpha value is -3.84. The molecule has 0 spiro atoms. The van der Waals surface area contributed by atoms with Crippen LogP contribution in [0.5, 0.6) is 11.5 Å². The minimum atomic E-state index is -0.228. The van der Waals surface area contributed by atoms with Crippen molar-refractivity contribution in [2.45, 2.75) is 65.4 Å². The van der Waals surface area contributed by atoms with Crippen molar-refractivity contribution in [3.63, 3.8) is 0 Å². The lowest BCUT2D eigenvalue weighted by atomic mass is 10.0. The van der Waals surface area contributed by atoms with Gasteiger partial charge in [-0.3, -0.25) is 15.2 Å². The topological polar surface area (TPSA) is 75.5 Å². The fourth-order valence-corrected chi connectivity index (χ4v) is 4.93. The standard InChI is InChI=1S/C35H43ClN4O3/c1-5-7-23-42-33-19-16-29(36)24-32(33)35(41)40(4)22-20-26-10-12-27(13-11-26)28-14-17-31(18-15-28)43-25(3)34-37-21-8-9-30(6-2)38-39-34/h10-19,24-25H,5-9,20-23H2,1-4H3,(H,37,39)/b38-30-. The molecule has 1 N–H and O–H groups in total. The van der Waals surface area contributed by atoms with E-state index in [0.29, 0.717) is 29.5 Å². The van der Waals surface area contributed by atoms with Crippen LogP contribution in [0.3, 0.4) is 0 Å². The summed E-state index contributed by atoms with van der Waals surface area (Å²) in [4.78, 5) is 19.6. The molecule has 0 radical (unpaired) electrons. The van der Waals surface area contributed by atoms with E-state index in [1.807, 2.05) is 26.1 Å². The second-order valence-corrected chi connectivity index (χ2v) is 11.3. The van der Waals surface area contributed by atoms with E-state index in [-0.39, 0.29) is 12.0 Å². The molecule has 1 heterocycles. The smallest absolute Gasteiger partial charge is 0.257 e. The molecule has 1 aliphatic rings. The van der Waals surface area contributed by atoms with E-state index in [2.05, 4.69) is 65.8 Å². The van der Waals surface area contributed by atoms with Crippen LogP contribution in [-0.2, 0) is 6.42 Å². The van der Waals surface area contributed by atoms with E-state index in [1.54, 1.807) is 23.1 Å². The second kappa shape index (κ2) is 16.1. The van der Waals surface area contributed by atoms with E-state index >= 15 is 0 Å². The highest BCUT2D eigenvalue weighted by atomic mass is 35.5. The average Bonchev–Trinajstić information content (AvgIpc) is 3.01. The van der Waals surface area contributed by atoms with Gasteiger partial charge in [0.05, 0.1) is 12.2 Å². The van der Waals surface area contributed by atoms with Crippen molar-refractivity contribution in [3.8, 4) is 22.6 Å². The molecule has 4 rings (SSSR count). The summed E-state index contributed by atoms with van der Waals surface area (Å²) in [6.07, 6.45) is 5.40. The van der Waals surface area contributed by atoms with Crippen LogP contribution in [0.2, 0.25) is 5.02 Å². The molecule has 0 saturated carbocycles. The lowest BCUT2D eigenvalue weighted by molar-refractivity contribution is 0.0792. The van der Waals surface area contributed by atoms with Crippen molar-refractivity contribution < 1.29 is 14.3 Å². The summed E-state index contributed by atoms with van der Waals surface area (Å²) in [7, 11) is 1.81. The fourth-order valence-electron chi connectivity index (χ4n) is 4.76. The monoisotopic (exact) mass is 602 g/mol. The highest BCUT2D eigenvalue weighted by Gasteiger charge is 2.18. The predicted molar refractivity (Wildman–Crippen MR) is 177 cm³/mol. The molecular formula is C35H43ClN4O3. The number of hydrazone groups is 1. The maximum absolute atomic E-state index is 13.2. The maximum atomic E-state index is 13.2. The van der Waals surface area contributed by atoms with E-state index < -0.39 is 0 Å². The van der Waals surface area contributed by atoms with Gasteiger partial charge in [0.1, 0.15) is 11.5 Å². The molecule has 1 unspecified atom stereocenters. The van der Waals surface area contributed by atoms with Crippen molar-refractivity contribution in [2.75, 3.05) is 26.7 Å². The number of unbranched alkanes of at least 4 members (excludes halogenated alkanes) is 1. The highest BCUT2D eigenvalue weighted by Crippen LogP contribution is 2.26. The number of hydrogen-bond acceptors (Lipinski definition) is 6. The third-order valence-electron chi connectivity index (χ3n) is 7.49. The first-order valence-corrected chi connectivity index (χ1v) is 15.6. The Morgan fingerprint density at radius 3 is 2.47 bits per heavy atom. The second-order valence-electron chi connectivity index (χ2n) is 10.8. The largest absolute Gasteiger partial charge is 0.493 e. The molecule has 43 heavy (non-hydrogen) atoms. The molecule has 0 aliphatic carbocycles. The molecule has 228 valence electrons. The van der Waals surface area contributed by atoms with Crippen LogP contribution in [-0.4, -0.2) is 55.2 Å². The summed E-state index contributed by atoms with van der Waals surface area (Å²) in [5.74, 6) is 2.02. The molecule has 1 atom stereocenters. The zero-order chi connectivity index (χ0) is 30.6.